The largest absolute Gasteiger partial charge is 0.381 e. The van der Waals surface area contributed by atoms with Crippen molar-refractivity contribution in [2.75, 3.05) is 17.3 Å². The molecule has 1 atom stereocenters. The molecule has 1 aliphatic rings. The van der Waals surface area contributed by atoms with Crippen LogP contribution in [0.2, 0.25) is 0 Å². The van der Waals surface area contributed by atoms with Crippen molar-refractivity contribution in [3.63, 3.8) is 0 Å². The summed E-state index contributed by atoms with van der Waals surface area (Å²) < 4.78 is 1.65. The van der Waals surface area contributed by atoms with Crippen LogP contribution in [0.25, 0.3) is 0 Å². The molecule has 3 rings (SSSR count). The van der Waals surface area contributed by atoms with E-state index in [0.717, 1.165) is 16.9 Å². The van der Waals surface area contributed by atoms with Gasteiger partial charge in [-0.3, -0.25) is 16.3 Å². The molecule has 0 spiro atoms. The zero-order valence-corrected chi connectivity index (χ0v) is 13.9. The van der Waals surface area contributed by atoms with Crippen molar-refractivity contribution in [3.05, 3.63) is 72.3 Å². The van der Waals surface area contributed by atoms with E-state index < -0.39 is 0 Å². The number of rotatable bonds is 6. The van der Waals surface area contributed by atoms with Crippen molar-refractivity contribution in [3.8, 4) is 0 Å². The molecule has 0 aliphatic carbocycles. The number of para-hydroxylation sites is 1. The first-order valence-electron chi connectivity index (χ1n) is 8.14. The number of hydrogen-bond acceptors (Lipinski definition) is 4. The summed E-state index contributed by atoms with van der Waals surface area (Å²) in [5, 5.41) is 6.22. The van der Waals surface area contributed by atoms with Crippen LogP contribution in [0.15, 0.2) is 66.7 Å². The number of hydrogen-bond donors (Lipinski definition) is 4. The molecule has 1 unspecified atom stereocenters. The molecule has 1 amide bonds. The molecule has 128 valence electrons. The smallest absolute Gasteiger partial charge is 0.320 e. The minimum atomic E-state index is -0.350. The topological polar surface area (TPSA) is 96.2 Å². The Kier molecular flexibility index (Phi) is 5.23. The fraction of sp³-hybridized carbons (Fsp3) is 0.158. The van der Waals surface area contributed by atoms with E-state index in [1.54, 1.807) is 16.7 Å². The molecule has 2 aromatic carbocycles. The molecule has 0 bridgehead atoms. The summed E-state index contributed by atoms with van der Waals surface area (Å²) in [6.07, 6.45) is 3.10. The van der Waals surface area contributed by atoms with Crippen LogP contribution in [0, 0.1) is 0 Å². The van der Waals surface area contributed by atoms with E-state index in [9.17, 15) is 4.79 Å². The van der Waals surface area contributed by atoms with E-state index in [1.807, 2.05) is 54.6 Å². The summed E-state index contributed by atoms with van der Waals surface area (Å²) in [7, 11) is 0. The van der Waals surface area contributed by atoms with Crippen LogP contribution in [-0.4, -0.2) is 29.0 Å². The Morgan fingerprint density at radius 1 is 1.04 bits per heavy atom. The number of nitrogens with zero attached hydrogens (tertiary/aromatic N) is 1. The molecule has 0 saturated carbocycles. The van der Waals surface area contributed by atoms with Crippen LogP contribution in [0.4, 0.5) is 11.4 Å². The Hall–Kier alpha value is -2.96. The number of benzene rings is 2. The second-order valence-electron chi connectivity index (χ2n) is 5.76. The summed E-state index contributed by atoms with van der Waals surface area (Å²) >= 11 is 0. The highest BCUT2D eigenvalue weighted by atomic mass is 16.2. The van der Waals surface area contributed by atoms with Gasteiger partial charge in [-0.1, -0.05) is 30.3 Å². The fourth-order valence-corrected chi connectivity index (χ4v) is 2.64. The van der Waals surface area contributed by atoms with E-state index in [-0.39, 0.29) is 18.7 Å². The average molecular weight is 336 g/mol. The molecule has 2 aromatic rings. The minimum absolute atomic E-state index is 0.195. The van der Waals surface area contributed by atoms with Gasteiger partial charge in [0.05, 0.1) is 0 Å². The van der Waals surface area contributed by atoms with Crippen molar-refractivity contribution in [1.82, 2.24) is 0 Å². The molecule has 0 fully saturated rings. The number of anilines is 2. The van der Waals surface area contributed by atoms with Crippen molar-refractivity contribution in [2.45, 2.75) is 12.7 Å². The van der Waals surface area contributed by atoms with Gasteiger partial charge >= 0.3 is 5.91 Å². The van der Waals surface area contributed by atoms with Gasteiger partial charge in [-0.05, 0) is 29.8 Å². The number of carbonyl (C=O) groups excluding carboxylic acids is 1. The number of amides is 1. The molecular formula is C19H22N5O+. The Labute approximate surface area is 146 Å². The van der Waals surface area contributed by atoms with Crippen molar-refractivity contribution in [1.29, 1.82) is 0 Å². The summed E-state index contributed by atoms with van der Waals surface area (Å²) in [4.78, 5) is 12.4. The Balaban J connectivity index is 1.60. The molecule has 6 heteroatoms. The first kappa shape index (κ1) is 16.9. The molecule has 0 aromatic heterocycles. The zero-order valence-electron chi connectivity index (χ0n) is 13.9. The van der Waals surface area contributed by atoms with Crippen LogP contribution >= 0.6 is 0 Å². The lowest BCUT2D eigenvalue weighted by molar-refractivity contribution is -0.547. The lowest BCUT2D eigenvalue weighted by atomic mass is 10.2. The third-order valence-electron chi connectivity index (χ3n) is 4.03. The first-order chi connectivity index (χ1) is 12.2. The molecule has 1 heterocycles. The van der Waals surface area contributed by atoms with Gasteiger partial charge in [0.2, 0.25) is 6.17 Å². The van der Waals surface area contributed by atoms with Crippen molar-refractivity contribution in [2.24, 2.45) is 11.5 Å². The summed E-state index contributed by atoms with van der Waals surface area (Å²) in [6.45, 7) is 0.912. The lowest BCUT2D eigenvalue weighted by Gasteiger charge is -2.08. The van der Waals surface area contributed by atoms with Gasteiger partial charge in [-0.2, -0.15) is 4.58 Å². The molecule has 25 heavy (non-hydrogen) atoms. The minimum Gasteiger partial charge on any atom is -0.381 e. The molecule has 0 saturated heterocycles. The Bertz CT molecular complexity index is 796. The molecule has 0 radical (unpaired) electrons. The van der Waals surface area contributed by atoms with Gasteiger partial charge in [-0.25, -0.2) is 0 Å². The fourth-order valence-electron chi connectivity index (χ4n) is 2.64. The second-order valence-corrected chi connectivity index (χ2v) is 5.76. The summed E-state index contributed by atoms with van der Waals surface area (Å²) in [6, 6.07) is 17.7. The average Bonchev–Trinajstić information content (AvgIpc) is 3.02. The van der Waals surface area contributed by atoms with E-state index >= 15 is 0 Å². The first-order valence-corrected chi connectivity index (χ1v) is 8.14. The lowest BCUT2D eigenvalue weighted by Crippen LogP contribution is -2.40. The van der Waals surface area contributed by atoms with E-state index in [2.05, 4.69) is 10.6 Å². The highest BCUT2D eigenvalue weighted by molar-refractivity contribution is 6.45. The van der Waals surface area contributed by atoms with E-state index in [0.29, 0.717) is 12.3 Å². The number of carbonyl (C=O) groups is 1. The highest BCUT2D eigenvalue weighted by Crippen LogP contribution is 2.13. The van der Waals surface area contributed by atoms with Gasteiger partial charge in [0.15, 0.2) is 6.67 Å². The van der Waals surface area contributed by atoms with Crippen LogP contribution in [0.5, 0.6) is 0 Å². The Morgan fingerprint density at radius 2 is 1.76 bits per heavy atom. The third-order valence-corrected chi connectivity index (χ3v) is 4.03. The Morgan fingerprint density at radius 3 is 2.44 bits per heavy atom. The summed E-state index contributed by atoms with van der Waals surface area (Å²) in [5.41, 5.74) is 14.9. The van der Waals surface area contributed by atoms with Gasteiger partial charge in [0.1, 0.15) is 0 Å². The van der Waals surface area contributed by atoms with E-state index in [1.165, 1.54) is 0 Å². The van der Waals surface area contributed by atoms with Crippen LogP contribution in [0.1, 0.15) is 5.56 Å². The van der Waals surface area contributed by atoms with Crippen LogP contribution < -0.4 is 22.1 Å². The quantitative estimate of drug-likeness (QED) is 0.601. The highest BCUT2D eigenvalue weighted by Gasteiger charge is 2.28. The summed E-state index contributed by atoms with van der Waals surface area (Å²) in [5.74, 6) is -0.218. The maximum absolute atomic E-state index is 12.4. The number of nitrogens with one attached hydrogen (secondary N) is 2. The van der Waals surface area contributed by atoms with Crippen molar-refractivity contribution >= 4 is 23.0 Å². The number of nitrogens with two attached hydrogens (primary N) is 2. The standard InChI is InChI=1S/C19H21N5O/c20-13-24-17(10-11-18(24)21)19(25)23-16-8-6-14(7-9-16)12-22-15-4-2-1-3-5-15/h1-11,18,22H,12-13,20-21H2/p+1. The molecule has 1 aliphatic heterocycles. The maximum Gasteiger partial charge on any atom is 0.320 e. The van der Waals surface area contributed by atoms with Crippen LogP contribution in [0.3, 0.4) is 0 Å². The van der Waals surface area contributed by atoms with Crippen molar-refractivity contribution < 1.29 is 9.37 Å². The van der Waals surface area contributed by atoms with E-state index in [4.69, 9.17) is 11.5 Å². The molecular weight excluding hydrogens is 314 g/mol. The van der Waals surface area contributed by atoms with Gasteiger partial charge in [0, 0.05) is 30.1 Å². The zero-order chi connectivity index (χ0) is 17.6. The predicted molar refractivity (Wildman–Crippen MR) is 100 cm³/mol. The SMILES string of the molecule is NC[N+]1=C(C(=O)Nc2ccc(CNc3ccccc3)cc2)C=CC1N. The molecule has 6 N–H and O–H groups in total. The van der Waals surface area contributed by atoms with Gasteiger partial charge in [0.25, 0.3) is 5.71 Å². The molecule has 6 nitrogen and oxygen atoms in total. The van der Waals surface area contributed by atoms with Crippen LogP contribution in [-0.2, 0) is 11.3 Å². The third kappa shape index (κ3) is 4.12. The second kappa shape index (κ2) is 7.74. The maximum atomic E-state index is 12.4. The van der Waals surface area contributed by atoms with Gasteiger partial charge in [-0.15, -0.1) is 0 Å². The van der Waals surface area contributed by atoms with Gasteiger partial charge < -0.3 is 10.6 Å². The normalized spacial score (nSPS) is 16.2. The predicted octanol–water partition coefficient (Wildman–Crippen LogP) is 1.46. The monoisotopic (exact) mass is 336 g/mol.